The van der Waals surface area contributed by atoms with Gasteiger partial charge in [0.15, 0.2) is 0 Å². The summed E-state index contributed by atoms with van der Waals surface area (Å²) in [5.41, 5.74) is 21.0. The average molecular weight is 1050 g/mol. The topological polar surface area (TPSA) is 0 Å². The van der Waals surface area contributed by atoms with Crippen LogP contribution in [-0.2, 0) is 5.41 Å². The van der Waals surface area contributed by atoms with E-state index in [9.17, 15) is 0 Å². The molecule has 4 aliphatic rings. The molecule has 0 radical (unpaired) electrons. The van der Waals surface area contributed by atoms with Gasteiger partial charge in [-0.05, 0) is 182 Å². The van der Waals surface area contributed by atoms with Gasteiger partial charge in [0, 0.05) is 5.92 Å². The van der Waals surface area contributed by atoms with Crippen molar-refractivity contribution < 1.29 is 0 Å². The van der Waals surface area contributed by atoms with E-state index in [1.54, 1.807) is 0 Å². The maximum Gasteiger partial charge on any atom is 0.0500 e. The summed E-state index contributed by atoms with van der Waals surface area (Å²) < 4.78 is 0. The van der Waals surface area contributed by atoms with Gasteiger partial charge in [-0.25, -0.2) is 0 Å². The van der Waals surface area contributed by atoms with E-state index in [2.05, 4.69) is 302 Å². The van der Waals surface area contributed by atoms with Crippen LogP contribution in [0.4, 0.5) is 0 Å². The molecule has 0 aromatic heterocycles. The number of rotatable bonds is 4. The van der Waals surface area contributed by atoms with Gasteiger partial charge in [-0.3, -0.25) is 0 Å². The normalized spacial score (nSPS) is 15.0. The molecule has 0 bridgehead atoms. The molecular weight excluding hydrogens is 985 g/mol. The number of hydrogen-bond donors (Lipinski definition) is 0. The first kappa shape index (κ1) is 48.5. The molecule has 0 saturated heterocycles. The highest BCUT2D eigenvalue weighted by Gasteiger charge is 2.49. The molecule has 0 atom stereocenters. The largest absolute Gasteiger partial charge is 0.0723 e. The van der Waals surface area contributed by atoms with Gasteiger partial charge in [0.25, 0.3) is 0 Å². The second-order valence-corrected chi connectivity index (χ2v) is 25.5. The van der Waals surface area contributed by atoms with Crippen molar-refractivity contribution in [3.05, 3.63) is 311 Å². The standard InChI is InChI=1S/C82H62/c1-80(2,3)57-37-38-58(81(4,5)6)48-59(47-57)82(72-43-35-55-23-11-17-29-64(55)78(72)79-65-30-18-12-24-56(65)36-44-73(79)82)49-50(45-70-66-39-31-51-19-7-13-25-60(51)74(66)75-61-26-14-8-20-52(61)32-40-67(70)75)46-71-68-41-33-53-21-9-15-27-62(53)76(68)77-63-28-16-10-22-54(63)34-42-69(71)77/h7-49,59H,1-6H3. The highest BCUT2D eigenvalue weighted by molar-refractivity contribution is 6.21. The Morgan fingerprint density at radius 1 is 0.317 bits per heavy atom. The molecule has 12 aromatic rings. The van der Waals surface area contributed by atoms with Gasteiger partial charge in [0.1, 0.15) is 0 Å². The van der Waals surface area contributed by atoms with Crippen LogP contribution in [0.3, 0.4) is 0 Å². The summed E-state index contributed by atoms with van der Waals surface area (Å²) >= 11 is 0. The third kappa shape index (κ3) is 7.17. The van der Waals surface area contributed by atoms with Gasteiger partial charge >= 0.3 is 0 Å². The monoisotopic (exact) mass is 1050 g/mol. The van der Waals surface area contributed by atoms with Crippen molar-refractivity contribution in [2.75, 3.05) is 0 Å². The van der Waals surface area contributed by atoms with Crippen LogP contribution >= 0.6 is 0 Å². The fourth-order valence-electron chi connectivity index (χ4n) is 14.9. The van der Waals surface area contributed by atoms with Crippen LogP contribution in [0.25, 0.3) is 109 Å². The molecule has 0 unspecified atom stereocenters. The fourth-order valence-corrected chi connectivity index (χ4v) is 14.9. The number of allylic oxidation sites excluding steroid dienone is 10. The summed E-state index contributed by atoms with van der Waals surface area (Å²) in [5.74, 6) is -0.104. The average Bonchev–Trinajstić information content (AvgIpc) is 2.31. The van der Waals surface area contributed by atoms with Crippen LogP contribution < -0.4 is 0 Å². The molecule has 0 amide bonds. The Bertz CT molecular complexity index is 4500. The second-order valence-electron chi connectivity index (χ2n) is 25.5. The molecule has 16 rings (SSSR count). The zero-order valence-corrected chi connectivity index (χ0v) is 47.4. The van der Waals surface area contributed by atoms with Gasteiger partial charge in [-0.2, -0.15) is 0 Å². The Morgan fingerprint density at radius 2 is 0.585 bits per heavy atom. The summed E-state index contributed by atoms with van der Waals surface area (Å²) in [6.45, 7) is 14.3. The summed E-state index contributed by atoms with van der Waals surface area (Å²) in [6, 6.07) is 82.9. The molecule has 390 valence electrons. The SMILES string of the molecule is CC(C)(C)C1=CC(C2(C=C(C=C3c4ccc5ccccc5c4-c4c3ccc3ccccc43)C=C3c4ccc5ccccc5c4-c4c3ccc3ccccc43)c3ccc4ccccc4c3-c3c2ccc2ccccc32)C=C(C(C)(C)C)C=C1. The van der Waals surface area contributed by atoms with E-state index in [-0.39, 0.29) is 16.7 Å². The van der Waals surface area contributed by atoms with Gasteiger partial charge in [0.2, 0.25) is 0 Å². The summed E-state index contributed by atoms with van der Waals surface area (Å²) in [4.78, 5) is 0. The molecule has 0 heteroatoms. The Labute approximate surface area is 481 Å². The predicted molar refractivity (Wildman–Crippen MR) is 351 cm³/mol. The molecule has 0 spiro atoms. The molecule has 0 fully saturated rings. The smallest absolute Gasteiger partial charge is 0.0500 e. The number of hydrogen-bond acceptors (Lipinski definition) is 0. The maximum absolute atomic E-state index is 2.75. The Morgan fingerprint density at radius 3 is 0.878 bits per heavy atom. The van der Waals surface area contributed by atoms with E-state index in [0.717, 1.165) is 0 Å². The maximum atomic E-state index is 2.75. The first-order valence-corrected chi connectivity index (χ1v) is 29.4. The van der Waals surface area contributed by atoms with Crippen LogP contribution in [0, 0.1) is 16.7 Å². The Kier molecular flexibility index (Phi) is 10.5. The minimum atomic E-state index is -0.713. The van der Waals surface area contributed by atoms with Crippen molar-refractivity contribution in [2.45, 2.75) is 47.0 Å². The molecule has 4 aliphatic carbocycles. The van der Waals surface area contributed by atoms with Crippen LogP contribution in [0.2, 0.25) is 0 Å². The van der Waals surface area contributed by atoms with Crippen molar-refractivity contribution in [2.24, 2.45) is 16.7 Å². The molecule has 0 nitrogen and oxygen atoms in total. The lowest BCUT2D eigenvalue weighted by Gasteiger charge is -2.37. The van der Waals surface area contributed by atoms with Gasteiger partial charge < -0.3 is 0 Å². The number of fused-ring (bicyclic) bond motifs is 21. The van der Waals surface area contributed by atoms with Crippen LogP contribution in [-0.4, -0.2) is 0 Å². The first-order chi connectivity index (χ1) is 39.9. The zero-order valence-electron chi connectivity index (χ0n) is 47.4. The summed E-state index contributed by atoms with van der Waals surface area (Å²) in [5, 5.41) is 15.2. The van der Waals surface area contributed by atoms with E-state index in [1.807, 2.05) is 0 Å². The lowest BCUT2D eigenvalue weighted by atomic mass is 9.65. The van der Waals surface area contributed by atoms with Gasteiger partial charge in [0.05, 0.1) is 5.41 Å². The van der Waals surface area contributed by atoms with Crippen molar-refractivity contribution >= 4 is 75.8 Å². The lowest BCUT2D eigenvalue weighted by Crippen LogP contribution is -2.32. The highest BCUT2D eigenvalue weighted by Crippen LogP contribution is 2.61. The summed E-state index contributed by atoms with van der Waals surface area (Å²) in [6.07, 6.45) is 18.1. The summed E-state index contributed by atoms with van der Waals surface area (Å²) in [7, 11) is 0. The molecule has 82 heavy (non-hydrogen) atoms. The molecular formula is C82H62. The van der Waals surface area contributed by atoms with Crippen molar-refractivity contribution in [3.63, 3.8) is 0 Å². The van der Waals surface area contributed by atoms with E-state index < -0.39 is 5.41 Å². The molecule has 0 heterocycles. The highest BCUT2D eigenvalue weighted by atomic mass is 14.5. The van der Waals surface area contributed by atoms with E-state index in [0.29, 0.717) is 0 Å². The van der Waals surface area contributed by atoms with Gasteiger partial charge in [-0.15, -0.1) is 0 Å². The third-order valence-corrected chi connectivity index (χ3v) is 18.8. The van der Waals surface area contributed by atoms with Crippen molar-refractivity contribution in [1.29, 1.82) is 0 Å². The van der Waals surface area contributed by atoms with Crippen molar-refractivity contribution in [1.82, 2.24) is 0 Å². The first-order valence-electron chi connectivity index (χ1n) is 29.4. The van der Waals surface area contributed by atoms with E-state index in [1.165, 1.54) is 159 Å². The fraction of sp³-hybridized carbons (Fsp3) is 0.122. The quantitative estimate of drug-likeness (QED) is 0.165. The Hall–Kier alpha value is -9.36. The van der Waals surface area contributed by atoms with Crippen molar-refractivity contribution in [3.8, 4) is 33.4 Å². The van der Waals surface area contributed by atoms with Gasteiger partial charge in [-0.1, -0.05) is 290 Å². The number of benzene rings is 12. The molecule has 12 aromatic carbocycles. The van der Waals surface area contributed by atoms with Crippen LogP contribution in [0.5, 0.6) is 0 Å². The van der Waals surface area contributed by atoms with E-state index in [4.69, 9.17) is 0 Å². The van der Waals surface area contributed by atoms with E-state index >= 15 is 0 Å². The second kappa shape index (κ2) is 17.8. The molecule has 0 N–H and O–H groups in total. The third-order valence-electron chi connectivity index (χ3n) is 18.8. The zero-order chi connectivity index (χ0) is 55.2. The Balaban J connectivity index is 1.11. The van der Waals surface area contributed by atoms with Crippen LogP contribution in [0.1, 0.15) is 74.9 Å². The molecule has 0 aliphatic heterocycles. The minimum absolute atomic E-state index is 0.104. The minimum Gasteiger partial charge on any atom is -0.0723 e. The predicted octanol–water partition coefficient (Wildman–Crippen LogP) is 22.2. The van der Waals surface area contributed by atoms with Crippen LogP contribution in [0.15, 0.2) is 278 Å². The lowest BCUT2D eigenvalue weighted by molar-refractivity contribution is 0.487. The molecule has 0 saturated carbocycles.